The Hall–Kier alpha value is -2.99. The van der Waals surface area contributed by atoms with E-state index in [1.807, 2.05) is 6.92 Å². The van der Waals surface area contributed by atoms with E-state index in [9.17, 15) is 23.1 Å². The molecule has 2 aromatic carbocycles. The lowest BCUT2D eigenvalue weighted by molar-refractivity contribution is -0.142. The number of aryl methyl sites for hydroxylation is 1. The zero-order valence-electron chi connectivity index (χ0n) is 23.3. The van der Waals surface area contributed by atoms with E-state index in [0.29, 0.717) is 25.2 Å². The van der Waals surface area contributed by atoms with Crippen LogP contribution in [0, 0.1) is 6.92 Å². The number of carbonyl (C=O) groups is 2. The van der Waals surface area contributed by atoms with Crippen LogP contribution in [-0.2, 0) is 26.0 Å². The molecule has 40 heavy (non-hydrogen) atoms. The van der Waals surface area contributed by atoms with E-state index in [4.69, 9.17) is 4.74 Å². The number of hydrogen-bond acceptors (Lipinski definition) is 7. The number of ether oxygens (including phenoxy) is 1. The van der Waals surface area contributed by atoms with Gasteiger partial charge in [0.2, 0.25) is 15.9 Å². The van der Waals surface area contributed by atoms with Crippen molar-refractivity contribution in [1.29, 1.82) is 0 Å². The molecule has 4 rings (SSSR count). The van der Waals surface area contributed by atoms with Crippen molar-refractivity contribution < 1.29 is 27.9 Å². The number of hydrogen-bond donors (Lipinski definition) is 2. The summed E-state index contributed by atoms with van der Waals surface area (Å²) in [5.74, 6) is -1.06. The first-order chi connectivity index (χ1) is 19.1. The predicted octanol–water partition coefficient (Wildman–Crippen LogP) is 1.98. The molecule has 10 nitrogen and oxygen atoms in total. The van der Waals surface area contributed by atoms with Gasteiger partial charge in [0.05, 0.1) is 11.5 Å². The van der Waals surface area contributed by atoms with Crippen LogP contribution in [0.2, 0.25) is 0 Å². The quantitative estimate of drug-likeness (QED) is 0.371. The molecule has 2 heterocycles. The van der Waals surface area contributed by atoms with Crippen LogP contribution in [0.4, 0.5) is 0 Å². The molecule has 0 aromatic heterocycles. The van der Waals surface area contributed by atoms with Gasteiger partial charge in [-0.1, -0.05) is 29.8 Å². The smallest absolute Gasteiger partial charge is 0.326 e. The molecule has 0 spiro atoms. The summed E-state index contributed by atoms with van der Waals surface area (Å²) in [5.41, 5.74) is 1.66. The number of carbonyl (C=O) groups excluding carboxylic acids is 1. The summed E-state index contributed by atoms with van der Waals surface area (Å²) < 4.78 is 33.4. The van der Waals surface area contributed by atoms with Crippen molar-refractivity contribution in [2.24, 2.45) is 0 Å². The summed E-state index contributed by atoms with van der Waals surface area (Å²) in [5, 5.41) is 12.4. The highest BCUT2D eigenvalue weighted by Gasteiger charge is 2.40. The fourth-order valence-electron chi connectivity index (χ4n) is 5.11. The summed E-state index contributed by atoms with van der Waals surface area (Å²) in [4.78, 5) is 30.0. The van der Waals surface area contributed by atoms with Gasteiger partial charge in [-0.25, -0.2) is 13.2 Å². The highest BCUT2D eigenvalue weighted by atomic mass is 32.2. The standard InChI is InChI=1S/C29H40N4O6S/c1-22-6-12-25(13-7-22)40(37,38)33-15-3-5-27(33)28(34)30-26(29(35)36)21-23-8-10-24(11-9-23)39-20-4-14-32-18-16-31(2)17-19-32/h6-13,26-27H,3-5,14-21H2,1-2H3,(H,30,34)(H,35,36)/t26-,27-/m0/s1. The monoisotopic (exact) mass is 572 g/mol. The van der Waals surface area contributed by atoms with E-state index in [1.165, 1.54) is 16.4 Å². The first-order valence-corrected chi connectivity index (χ1v) is 15.3. The number of amides is 1. The average molecular weight is 573 g/mol. The van der Waals surface area contributed by atoms with Crippen molar-refractivity contribution >= 4 is 21.9 Å². The number of likely N-dealkylation sites (N-methyl/N-ethyl adjacent to an activating group) is 1. The van der Waals surface area contributed by atoms with E-state index in [-0.39, 0.29) is 17.9 Å². The van der Waals surface area contributed by atoms with Gasteiger partial charge in [0.25, 0.3) is 0 Å². The van der Waals surface area contributed by atoms with E-state index in [0.717, 1.165) is 50.3 Å². The number of nitrogens with zero attached hydrogens (tertiary/aromatic N) is 3. The maximum atomic E-state index is 13.2. The molecule has 0 bridgehead atoms. The lowest BCUT2D eigenvalue weighted by atomic mass is 10.1. The number of nitrogens with one attached hydrogen (secondary N) is 1. The summed E-state index contributed by atoms with van der Waals surface area (Å²) in [7, 11) is -1.74. The van der Waals surface area contributed by atoms with Crippen LogP contribution < -0.4 is 10.1 Å². The number of aliphatic carboxylic acids is 1. The zero-order chi connectivity index (χ0) is 28.7. The SMILES string of the molecule is Cc1ccc(S(=O)(=O)N2CCC[C@H]2C(=O)N[C@@H](Cc2ccc(OCCCN3CCN(C)CC3)cc2)C(=O)O)cc1. The largest absolute Gasteiger partial charge is 0.494 e. The van der Waals surface area contributed by atoms with Crippen LogP contribution in [0.15, 0.2) is 53.4 Å². The Balaban J connectivity index is 1.29. The molecular weight excluding hydrogens is 532 g/mol. The Morgan fingerprint density at radius 1 is 1.02 bits per heavy atom. The Labute approximate surface area is 237 Å². The van der Waals surface area contributed by atoms with Crippen LogP contribution in [0.1, 0.15) is 30.4 Å². The molecule has 2 saturated heterocycles. The third-order valence-electron chi connectivity index (χ3n) is 7.59. The van der Waals surface area contributed by atoms with Gasteiger partial charge in [-0.05, 0) is 63.1 Å². The van der Waals surface area contributed by atoms with Crippen molar-refractivity contribution in [2.75, 3.05) is 52.9 Å². The van der Waals surface area contributed by atoms with Crippen LogP contribution >= 0.6 is 0 Å². The second-order valence-electron chi connectivity index (χ2n) is 10.7. The second kappa shape index (κ2) is 13.6. The molecule has 1 amide bonds. The van der Waals surface area contributed by atoms with Crippen molar-refractivity contribution in [3.05, 3.63) is 59.7 Å². The van der Waals surface area contributed by atoms with Gasteiger partial charge in [0.15, 0.2) is 0 Å². The van der Waals surface area contributed by atoms with Gasteiger partial charge in [0, 0.05) is 45.7 Å². The minimum Gasteiger partial charge on any atom is -0.494 e. The Morgan fingerprint density at radius 3 is 2.35 bits per heavy atom. The summed E-state index contributed by atoms with van der Waals surface area (Å²) >= 11 is 0. The molecule has 218 valence electrons. The van der Waals surface area contributed by atoms with Crippen LogP contribution in [-0.4, -0.2) is 105 Å². The van der Waals surface area contributed by atoms with Crippen molar-refractivity contribution in [3.8, 4) is 5.75 Å². The van der Waals surface area contributed by atoms with Crippen LogP contribution in [0.3, 0.4) is 0 Å². The number of benzene rings is 2. The van der Waals surface area contributed by atoms with Gasteiger partial charge in [-0.2, -0.15) is 4.31 Å². The molecule has 2 aliphatic rings. The topological polar surface area (TPSA) is 119 Å². The highest BCUT2D eigenvalue weighted by molar-refractivity contribution is 7.89. The first-order valence-electron chi connectivity index (χ1n) is 13.9. The Bertz CT molecular complexity index is 1240. The molecular formula is C29H40N4O6S. The lowest BCUT2D eigenvalue weighted by Gasteiger charge is -2.32. The van der Waals surface area contributed by atoms with Crippen LogP contribution in [0.25, 0.3) is 0 Å². The molecule has 2 fully saturated rings. The van der Waals surface area contributed by atoms with Gasteiger partial charge in [0.1, 0.15) is 17.8 Å². The predicted molar refractivity (Wildman–Crippen MR) is 152 cm³/mol. The maximum absolute atomic E-state index is 13.2. The molecule has 0 aliphatic carbocycles. The van der Waals surface area contributed by atoms with Gasteiger partial charge < -0.3 is 25.0 Å². The fraction of sp³-hybridized carbons (Fsp3) is 0.517. The molecule has 2 aliphatic heterocycles. The maximum Gasteiger partial charge on any atom is 0.326 e. The van der Waals surface area contributed by atoms with Crippen molar-refractivity contribution in [3.63, 3.8) is 0 Å². The zero-order valence-corrected chi connectivity index (χ0v) is 24.1. The number of sulfonamides is 1. The lowest BCUT2D eigenvalue weighted by Crippen LogP contribution is -2.51. The van der Waals surface area contributed by atoms with Crippen molar-refractivity contribution in [1.82, 2.24) is 19.4 Å². The normalized spacial score (nSPS) is 19.8. The summed E-state index contributed by atoms with van der Waals surface area (Å²) in [6, 6.07) is 11.5. The third-order valence-corrected chi connectivity index (χ3v) is 9.52. The average Bonchev–Trinajstić information content (AvgIpc) is 3.44. The van der Waals surface area contributed by atoms with Gasteiger partial charge in [-0.15, -0.1) is 0 Å². The molecule has 2 aromatic rings. The molecule has 2 N–H and O–H groups in total. The Kier molecular flexibility index (Phi) is 10.2. The summed E-state index contributed by atoms with van der Waals surface area (Å²) in [6.07, 6.45) is 1.86. The molecule has 0 radical (unpaired) electrons. The van der Waals surface area contributed by atoms with Crippen molar-refractivity contribution in [2.45, 2.75) is 49.6 Å². The number of piperazine rings is 1. The number of rotatable bonds is 12. The molecule has 0 unspecified atom stereocenters. The molecule has 0 saturated carbocycles. The second-order valence-corrected chi connectivity index (χ2v) is 12.6. The third kappa shape index (κ3) is 7.81. The van der Waals surface area contributed by atoms with E-state index in [2.05, 4.69) is 22.2 Å². The van der Waals surface area contributed by atoms with Crippen LogP contribution in [0.5, 0.6) is 5.75 Å². The van der Waals surface area contributed by atoms with Gasteiger partial charge in [-0.3, -0.25) is 4.79 Å². The minimum atomic E-state index is -3.88. The Morgan fingerprint density at radius 2 is 1.70 bits per heavy atom. The fourth-order valence-corrected chi connectivity index (χ4v) is 6.77. The first kappa shape index (κ1) is 30.0. The van der Waals surface area contributed by atoms with E-state index >= 15 is 0 Å². The van der Waals surface area contributed by atoms with E-state index in [1.54, 1.807) is 36.4 Å². The number of carboxylic acid groups (broad SMARTS) is 1. The molecule has 11 heteroatoms. The van der Waals surface area contributed by atoms with E-state index < -0.39 is 34.0 Å². The highest BCUT2D eigenvalue weighted by Crippen LogP contribution is 2.26. The number of carboxylic acids is 1. The molecule has 2 atom stereocenters. The van der Waals surface area contributed by atoms with Gasteiger partial charge >= 0.3 is 5.97 Å². The minimum absolute atomic E-state index is 0.0716. The summed E-state index contributed by atoms with van der Waals surface area (Å²) in [6.45, 7) is 8.01.